The number of carbonyl (C=O) groups is 2. The SMILES string of the molecule is CCOC(=O)NC1Cc2ccc(NC(=O)c3ccccc3-c3ccc(C(F)(F)F)cc3)cc2C1. The van der Waals surface area contributed by atoms with Gasteiger partial charge < -0.3 is 15.4 Å². The molecule has 5 nitrogen and oxygen atoms in total. The molecule has 3 aromatic carbocycles. The number of hydrogen-bond donors (Lipinski definition) is 2. The lowest BCUT2D eigenvalue weighted by Crippen LogP contribution is -2.35. The lowest BCUT2D eigenvalue weighted by Gasteiger charge is -2.12. The van der Waals surface area contributed by atoms with Crippen LogP contribution >= 0.6 is 0 Å². The highest BCUT2D eigenvalue weighted by molar-refractivity contribution is 6.08. The van der Waals surface area contributed by atoms with Gasteiger partial charge in [0.2, 0.25) is 0 Å². The largest absolute Gasteiger partial charge is 0.450 e. The molecule has 0 aromatic heterocycles. The van der Waals surface area contributed by atoms with E-state index in [1.54, 1.807) is 37.3 Å². The molecule has 0 bridgehead atoms. The maximum Gasteiger partial charge on any atom is 0.416 e. The zero-order valence-electron chi connectivity index (χ0n) is 18.4. The fraction of sp³-hybridized carbons (Fsp3) is 0.231. The van der Waals surface area contributed by atoms with Crippen LogP contribution in [0.15, 0.2) is 66.7 Å². The average Bonchev–Trinajstić information content (AvgIpc) is 3.20. The lowest BCUT2D eigenvalue weighted by atomic mass is 9.98. The zero-order valence-corrected chi connectivity index (χ0v) is 18.4. The van der Waals surface area contributed by atoms with Crippen molar-refractivity contribution in [1.29, 1.82) is 0 Å². The summed E-state index contributed by atoms with van der Waals surface area (Å²) >= 11 is 0. The van der Waals surface area contributed by atoms with Crippen LogP contribution in [-0.4, -0.2) is 24.6 Å². The molecule has 3 aromatic rings. The van der Waals surface area contributed by atoms with Crippen LogP contribution in [0.25, 0.3) is 11.1 Å². The molecule has 34 heavy (non-hydrogen) atoms. The molecular weight excluding hydrogens is 445 g/mol. The molecule has 0 aliphatic heterocycles. The number of amides is 2. The number of ether oxygens (including phenoxy) is 1. The summed E-state index contributed by atoms with van der Waals surface area (Å²) in [5, 5.41) is 5.71. The third-order valence-electron chi connectivity index (χ3n) is 5.69. The standard InChI is InChI=1S/C26H23F3N2O3/c1-2-34-25(33)31-21-13-17-9-12-20(14-18(17)15-21)30-24(32)23-6-4-3-5-22(23)16-7-10-19(11-8-16)26(27,28)29/h3-12,14,21H,2,13,15H2,1H3,(H,30,32)(H,31,33). The topological polar surface area (TPSA) is 67.4 Å². The molecule has 0 spiro atoms. The number of anilines is 1. The molecule has 0 fully saturated rings. The molecule has 176 valence electrons. The van der Waals surface area contributed by atoms with E-state index in [4.69, 9.17) is 4.74 Å². The minimum Gasteiger partial charge on any atom is -0.450 e. The van der Waals surface area contributed by atoms with Crippen LogP contribution in [0.5, 0.6) is 0 Å². The highest BCUT2D eigenvalue weighted by Crippen LogP contribution is 2.32. The van der Waals surface area contributed by atoms with Crippen molar-refractivity contribution in [2.45, 2.75) is 32.0 Å². The minimum absolute atomic E-state index is 0.0691. The molecule has 4 rings (SSSR count). The number of halogens is 3. The first kappa shape index (κ1) is 23.4. The van der Waals surface area contributed by atoms with E-state index in [2.05, 4.69) is 10.6 Å². The summed E-state index contributed by atoms with van der Waals surface area (Å²) in [5.41, 5.74) is 3.37. The van der Waals surface area contributed by atoms with E-state index in [1.165, 1.54) is 12.1 Å². The number of carbonyl (C=O) groups excluding carboxylic acids is 2. The second-order valence-corrected chi connectivity index (χ2v) is 8.03. The number of alkyl halides is 3. The molecule has 1 atom stereocenters. The van der Waals surface area contributed by atoms with Crippen molar-refractivity contribution >= 4 is 17.7 Å². The molecule has 0 saturated carbocycles. The molecule has 8 heteroatoms. The van der Waals surface area contributed by atoms with Crippen LogP contribution in [0.4, 0.5) is 23.7 Å². The van der Waals surface area contributed by atoms with E-state index in [9.17, 15) is 22.8 Å². The molecule has 0 radical (unpaired) electrons. The van der Waals surface area contributed by atoms with E-state index < -0.39 is 17.8 Å². The average molecular weight is 468 g/mol. The molecule has 1 aliphatic rings. The van der Waals surface area contributed by atoms with Gasteiger partial charge in [-0.1, -0.05) is 36.4 Å². The minimum atomic E-state index is -4.42. The van der Waals surface area contributed by atoms with E-state index in [-0.39, 0.29) is 11.9 Å². The molecule has 0 saturated heterocycles. The number of nitrogens with one attached hydrogen (secondary N) is 2. The summed E-state index contributed by atoms with van der Waals surface area (Å²) in [6.45, 7) is 2.04. The summed E-state index contributed by atoms with van der Waals surface area (Å²) in [6.07, 6.45) is -3.57. The van der Waals surface area contributed by atoms with Crippen molar-refractivity contribution in [3.63, 3.8) is 0 Å². The summed E-state index contributed by atoms with van der Waals surface area (Å²) < 4.78 is 43.6. The Labute approximate surface area is 194 Å². The fourth-order valence-electron chi connectivity index (χ4n) is 4.11. The Balaban J connectivity index is 1.49. The Morgan fingerprint density at radius 1 is 0.971 bits per heavy atom. The first-order chi connectivity index (χ1) is 16.2. The van der Waals surface area contributed by atoms with Gasteiger partial charge in [0.15, 0.2) is 0 Å². The summed E-state index contributed by atoms with van der Waals surface area (Å²) in [5.74, 6) is -0.366. The third kappa shape index (κ3) is 5.22. The molecule has 2 amide bonds. The molecule has 1 unspecified atom stereocenters. The zero-order chi connectivity index (χ0) is 24.3. The highest BCUT2D eigenvalue weighted by Gasteiger charge is 2.30. The van der Waals surface area contributed by atoms with Crippen LogP contribution in [0.3, 0.4) is 0 Å². The van der Waals surface area contributed by atoms with Gasteiger partial charge in [-0.25, -0.2) is 4.79 Å². The second kappa shape index (κ2) is 9.59. The van der Waals surface area contributed by atoms with Crippen LogP contribution in [-0.2, 0) is 23.8 Å². The van der Waals surface area contributed by atoms with Crippen molar-refractivity contribution in [3.8, 4) is 11.1 Å². The predicted molar refractivity (Wildman–Crippen MR) is 123 cm³/mol. The van der Waals surface area contributed by atoms with Crippen LogP contribution in [0.1, 0.15) is 34.0 Å². The number of alkyl carbamates (subject to hydrolysis) is 1. The van der Waals surface area contributed by atoms with E-state index in [0.29, 0.717) is 41.8 Å². The van der Waals surface area contributed by atoms with Gasteiger partial charge in [-0.2, -0.15) is 13.2 Å². The Hall–Kier alpha value is -3.81. The predicted octanol–water partition coefficient (Wildman–Crippen LogP) is 5.84. The molecular formula is C26H23F3N2O3. The van der Waals surface area contributed by atoms with Crippen LogP contribution in [0, 0.1) is 0 Å². The van der Waals surface area contributed by atoms with Crippen molar-refractivity contribution in [3.05, 3.63) is 89.0 Å². The number of benzene rings is 3. The van der Waals surface area contributed by atoms with Gasteiger partial charge in [-0.3, -0.25) is 4.79 Å². The van der Waals surface area contributed by atoms with Crippen molar-refractivity contribution in [2.75, 3.05) is 11.9 Å². The monoisotopic (exact) mass is 468 g/mol. The Morgan fingerprint density at radius 2 is 1.68 bits per heavy atom. The third-order valence-corrected chi connectivity index (χ3v) is 5.69. The Bertz CT molecular complexity index is 1210. The van der Waals surface area contributed by atoms with Gasteiger partial charge in [0.1, 0.15) is 0 Å². The van der Waals surface area contributed by atoms with Gasteiger partial charge in [-0.15, -0.1) is 0 Å². The normalized spacial score (nSPS) is 14.9. The van der Waals surface area contributed by atoms with Gasteiger partial charge in [0.05, 0.1) is 12.2 Å². The number of rotatable bonds is 5. The highest BCUT2D eigenvalue weighted by atomic mass is 19.4. The van der Waals surface area contributed by atoms with Crippen molar-refractivity contribution in [2.24, 2.45) is 0 Å². The lowest BCUT2D eigenvalue weighted by molar-refractivity contribution is -0.137. The summed E-state index contributed by atoms with van der Waals surface area (Å²) in [7, 11) is 0. The van der Waals surface area contributed by atoms with Crippen LogP contribution in [0.2, 0.25) is 0 Å². The van der Waals surface area contributed by atoms with Gasteiger partial charge in [-0.05, 0) is 72.4 Å². The summed E-state index contributed by atoms with van der Waals surface area (Å²) in [6, 6.07) is 17.0. The Morgan fingerprint density at radius 3 is 2.38 bits per heavy atom. The first-order valence-electron chi connectivity index (χ1n) is 10.9. The van der Waals surface area contributed by atoms with E-state index in [0.717, 1.165) is 23.3 Å². The Kier molecular flexibility index (Phi) is 6.58. The molecule has 0 heterocycles. The van der Waals surface area contributed by atoms with Crippen molar-refractivity contribution in [1.82, 2.24) is 5.32 Å². The van der Waals surface area contributed by atoms with E-state index >= 15 is 0 Å². The molecule has 1 aliphatic carbocycles. The smallest absolute Gasteiger partial charge is 0.416 e. The number of fused-ring (bicyclic) bond motifs is 1. The van der Waals surface area contributed by atoms with Crippen LogP contribution < -0.4 is 10.6 Å². The maximum atomic E-state index is 13.1. The maximum absolute atomic E-state index is 13.1. The molecule has 2 N–H and O–H groups in total. The first-order valence-corrected chi connectivity index (χ1v) is 10.9. The van der Waals surface area contributed by atoms with E-state index in [1.807, 2.05) is 12.1 Å². The van der Waals surface area contributed by atoms with Gasteiger partial charge in [0, 0.05) is 17.3 Å². The summed E-state index contributed by atoms with van der Waals surface area (Å²) in [4.78, 5) is 24.7. The quantitative estimate of drug-likeness (QED) is 0.495. The fourth-order valence-corrected chi connectivity index (χ4v) is 4.11. The van der Waals surface area contributed by atoms with Gasteiger partial charge >= 0.3 is 12.3 Å². The van der Waals surface area contributed by atoms with Crippen molar-refractivity contribution < 1.29 is 27.5 Å². The van der Waals surface area contributed by atoms with Gasteiger partial charge in [0.25, 0.3) is 5.91 Å². The second-order valence-electron chi connectivity index (χ2n) is 8.03. The number of hydrogen-bond acceptors (Lipinski definition) is 3.